The largest absolute Gasteiger partial charge is 0.391 e. The van der Waals surface area contributed by atoms with E-state index in [0.29, 0.717) is 22.3 Å². The van der Waals surface area contributed by atoms with Gasteiger partial charge in [-0.2, -0.15) is 0 Å². The highest BCUT2D eigenvalue weighted by Gasteiger charge is 2.04. The molecule has 20 heavy (non-hydrogen) atoms. The van der Waals surface area contributed by atoms with E-state index >= 15 is 0 Å². The normalized spacial score (nSPS) is 11.1. The minimum atomic E-state index is -0.278. The Hall–Kier alpha value is -1.39. The number of hydrogen-bond donors (Lipinski definition) is 3. The summed E-state index contributed by atoms with van der Waals surface area (Å²) in [7, 11) is 0. The van der Waals surface area contributed by atoms with Gasteiger partial charge in [0.25, 0.3) is 0 Å². The van der Waals surface area contributed by atoms with Crippen molar-refractivity contribution < 1.29 is 4.79 Å². The first-order chi connectivity index (χ1) is 9.56. The van der Waals surface area contributed by atoms with E-state index in [1.54, 1.807) is 18.2 Å². The van der Waals surface area contributed by atoms with Gasteiger partial charge in [-0.05, 0) is 43.3 Å². The lowest BCUT2D eigenvalue weighted by Gasteiger charge is -2.10. The molecule has 6 heteroatoms. The standard InChI is InChI=1S/C14H19Cl2N3O/c1-3-10(8-17-4-2)9-18-14(20)19-11-5-6-12(15)13(16)7-11/h5-8,17H,3-4,9H2,1-2H3,(H2,18,19,20)/b10-8+. The van der Waals surface area contributed by atoms with Crippen molar-refractivity contribution >= 4 is 34.9 Å². The summed E-state index contributed by atoms with van der Waals surface area (Å²) in [6.07, 6.45) is 2.81. The van der Waals surface area contributed by atoms with Crippen LogP contribution < -0.4 is 16.0 Å². The summed E-state index contributed by atoms with van der Waals surface area (Å²) in [5.41, 5.74) is 1.72. The number of carbonyl (C=O) groups excluding carboxylic acids is 1. The maximum atomic E-state index is 11.8. The summed E-state index contributed by atoms with van der Waals surface area (Å²) < 4.78 is 0. The second-order valence-corrected chi connectivity index (χ2v) is 4.96. The average Bonchev–Trinajstić information content (AvgIpc) is 2.43. The summed E-state index contributed by atoms with van der Waals surface area (Å²) in [5.74, 6) is 0. The number of amides is 2. The first-order valence-corrected chi connectivity index (χ1v) is 7.23. The quantitative estimate of drug-likeness (QED) is 0.742. The zero-order chi connectivity index (χ0) is 15.0. The molecule has 0 bridgehead atoms. The van der Waals surface area contributed by atoms with Crippen LogP contribution in [0.4, 0.5) is 10.5 Å². The third-order valence-electron chi connectivity index (χ3n) is 2.62. The van der Waals surface area contributed by atoms with Gasteiger partial charge in [-0.25, -0.2) is 4.79 Å². The molecule has 0 heterocycles. The number of halogens is 2. The molecule has 0 saturated carbocycles. The SMILES string of the molecule is CCN/C=C(\CC)CNC(=O)Nc1ccc(Cl)c(Cl)c1. The summed E-state index contributed by atoms with van der Waals surface area (Å²) in [6.45, 7) is 5.42. The molecular formula is C14H19Cl2N3O. The van der Waals surface area contributed by atoms with Gasteiger partial charge in [0.05, 0.1) is 10.0 Å². The Kier molecular flexibility index (Phi) is 7.26. The van der Waals surface area contributed by atoms with Gasteiger partial charge in [0.15, 0.2) is 0 Å². The van der Waals surface area contributed by atoms with Crippen molar-refractivity contribution in [2.45, 2.75) is 20.3 Å². The van der Waals surface area contributed by atoms with Crippen LogP contribution in [0.5, 0.6) is 0 Å². The van der Waals surface area contributed by atoms with Crippen LogP contribution in [0.25, 0.3) is 0 Å². The van der Waals surface area contributed by atoms with E-state index in [0.717, 1.165) is 18.5 Å². The van der Waals surface area contributed by atoms with E-state index in [4.69, 9.17) is 23.2 Å². The zero-order valence-electron chi connectivity index (χ0n) is 11.6. The molecule has 0 atom stereocenters. The first kappa shape index (κ1) is 16.7. The van der Waals surface area contributed by atoms with Crippen LogP contribution in [0, 0.1) is 0 Å². The predicted molar refractivity (Wildman–Crippen MR) is 85.5 cm³/mol. The Balaban J connectivity index is 2.49. The van der Waals surface area contributed by atoms with Crippen molar-refractivity contribution in [3.8, 4) is 0 Å². The molecule has 1 aromatic rings. The smallest absolute Gasteiger partial charge is 0.319 e. The Bertz CT molecular complexity index is 489. The van der Waals surface area contributed by atoms with E-state index in [2.05, 4.69) is 16.0 Å². The summed E-state index contributed by atoms with van der Waals surface area (Å²) >= 11 is 11.7. The highest BCUT2D eigenvalue weighted by molar-refractivity contribution is 6.42. The maximum absolute atomic E-state index is 11.8. The van der Waals surface area contributed by atoms with E-state index in [-0.39, 0.29) is 6.03 Å². The third kappa shape index (κ3) is 5.72. The van der Waals surface area contributed by atoms with E-state index in [1.807, 2.05) is 20.0 Å². The molecule has 4 nitrogen and oxygen atoms in total. The zero-order valence-corrected chi connectivity index (χ0v) is 13.1. The topological polar surface area (TPSA) is 53.2 Å². The van der Waals surface area contributed by atoms with Crippen molar-refractivity contribution in [3.63, 3.8) is 0 Å². The molecule has 0 fully saturated rings. The fourth-order valence-electron chi connectivity index (χ4n) is 1.47. The lowest BCUT2D eigenvalue weighted by molar-refractivity contribution is 0.253. The van der Waals surface area contributed by atoms with Gasteiger partial charge in [0, 0.05) is 18.8 Å². The maximum Gasteiger partial charge on any atom is 0.319 e. The second-order valence-electron chi connectivity index (χ2n) is 4.15. The number of rotatable bonds is 6. The summed E-state index contributed by atoms with van der Waals surface area (Å²) in [5, 5.41) is 9.48. The van der Waals surface area contributed by atoms with Crippen LogP contribution in [-0.2, 0) is 0 Å². The monoisotopic (exact) mass is 315 g/mol. The molecule has 0 aliphatic heterocycles. The summed E-state index contributed by atoms with van der Waals surface area (Å²) in [6, 6.07) is 4.67. The third-order valence-corrected chi connectivity index (χ3v) is 3.36. The summed E-state index contributed by atoms with van der Waals surface area (Å²) in [4.78, 5) is 11.8. The van der Waals surface area contributed by atoms with Gasteiger partial charge in [-0.1, -0.05) is 30.1 Å². The van der Waals surface area contributed by atoms with Crippen LogP contribution in [0.15, 0.2) is 30.0 Å². The number of benzene rings is 1. The molecular weight excluding hydrogens is 297 g/mol. The fraction of sp³-hybridized carbons (Fsp3) is 0.357. The Morgan fingerprint density at radius 3 is 2.60 bits per heavy atom. The highest BCUT2D eigenvalue weighted by atomic mass is 35.5. The highest BCUT2D eigenvalue weighted by Crippen LogP contribution is 2.24. The fourth-order valence-corrected chi connectivity index (χ4v) is 1.77. The van der Waals surface area contributed by atoms with Crippen LogP contribution in [0.1, 0.15) is 20.3 Å². The Labute approximate surface area is 129 Å². The predicted octanol–water partition coefficient (Wildman–Crippen LogP) is 4.02. The van der Waals surface area contributed by atoms with Crippen molar-refractivity contribution in [1.29, 1.82) is 0 Å². The number of carbonyl (C=O) groups is 1. The molecule has 3 N–H and O–H groups in total. The molecule has 0 aliphatic rings. The van der Waals surface area contributed by atoms with Gasteiger partial charge in [-0.15, -0.1) is 0 Å². The molecule has 0 unspecified atom stereocenters. The lowest BCUT2D eigenvalue weighted by atomic mass is 10.2. The first-order valence-electron chi connectivity index (χ1n) is 6.48. The van der Waals surface area contributed by atoms with E-state index in [1.165, 1.54) is 0 Å². The molecule has 1 aromatic carbocycles. The number of nitrogens with one attached hydrogen (secondary N) is 3. The molecule has 0 radical (unpaired) electrons. The molecule has 0 aliphatic carbocycles. The molecule has 0 saturated heterocycles. The minimum Gasteiger partial charge on any atom is -0.391 e. The molecule has 110 valence electrons. The Morgan fingerprint density at radius 1 is 1.25 bits per heavy atom. The molecule has 0 spiro atoms. The van der Waals surface area contributed by atoms with Crippen LogP contribution in [0.2, 0.25) is 10.0 Å². The van der Waals surface area contributed by atoms with Gasteiger partial charge < -0.3 is 16.0 Å². The van der Waals surface area contributed by atoms with E-state index in [9.17, 15) is 4.79 Å². The molecule has 2 amide bonds. The van der Waals surface area contributed by atoms with Gasteiger partial charge in [0.2, 0.25) is 0 Å². The second kappa shape index (κ2) is 8.72. The molecule has 1 rings (SSSR count). The van der Waals surface area contributed by atoms with Crippen LogP contribution in [-0.4, -0.2) is 19.1 Å². The van der Waals surface area contributed by atoms with Crippen molar-refractivity contribution in [2.24, 2.45) is 0 Å². The van der Waals surface area contributed by atoms with Gasteiger partial charge >= 0.3 is 6.03 Å². The minimum absolute atomic E-state index is 0.278. The Morgan fingerprint density at radius 2 is 2.00 bits per heavy atom. The lowest BCUT2D eigenvalue weighted by Crippen LogP contribution is -2.30. The van der Waals surface area contributed by atoms with Crippen molar-refractivity contribution in [2.75, 3.05) is 18.4 Å². The van der Waals surface area contributed by atoms with Gasteiger partial charge in [0.1, 0.15) is 0 Å². The average molecular weight is 316 g/mol. The number of hydrogen-bond acceptors (Lipinski definition) is 2. The van der Waals surface area contributed by atoms with Crippen molar-refractivity contribution in [3.05, 3.63) is 40.0 Å². The van der Waals surface area contributed by atoms with Gasteiger partial charge in [-0.3, -0.25) is 0 Å². The van der Waals surface area contributed by atoms with Crippen LogP contribution in [0.3, 0.4) is 0 Å². The van der Waals surface area contributed by atoms with E-state index < -0.39 is 0 Å². The number of anilines is 1. The van der Waals surface area contributed by atoms with Crippen molar-refractivity contribution in [1.82, 2.24) is 10.6 Å². The number of urea groups is 1. The van der Waals surface area contributed by atoms with Crippen LogP contribution >= 0.6 is 23.2 Å². The molecule has 0 aromatic heterocycles.